The molecule has 3 N–H and O–H groups in total. The molecule has 4 nitrogen and oxygen atoms in total. The number of nitrogens with zero attached hydrogens (tertiary/aromatic N) is 1. The second-order valence-electron chi connectivity index (χ2n) is 4.48. The summed E-state index contributed by atoms with van der Waals surface area (Å²) in [6, 6.07) is 8.01. The van der Waals surface area contributed by atoms with Crippen LogP contribution in [0.4, 0.5) is 14.5 Å². The minimum absolute atomic E-state index is 0.274. The summed E-state index contributed by atoms with van der Waals surface area (Å²) in [6.45, 7) is 1.53. The van der Waals surface area contributed by atoms with E-state index in [1.54, 1.807) is 0 Å². The number of hydrogen-bond acceptors (Lipinski definition) is 3. The molecule has 1 aromatic carbocycles. The SMILES string of the molecule is CC(Nc1ccc(F)cc1)(C(N)=O)c1ccc(F)cn1. The molecule has 1 unspecified atom stereocenters. The van der Waals surface area contributed by atoms with Crippen LogP contribution in [0.2, 0.25) is 0 Å². The third kappa shape index (κ3) is 2.74. The average molecular weight is 277 g/mol. The molecule has 0 saturated carbocycles. The van der Waals surface area contributed by atoms with Crippen molar-refractivity contribution in [3.8, 4) is 0 Å². The van der Waals surface area contributed by atoms with E-state index < -0.39 is 23.1 Å². The van der Waals surface area contributed by atoms with Gasteiger partial charge in [-0.2, -0.15) is 0 Å². The largest absolute Gasteiger partial charge is 0.367 e. The van der Waals surface area contributed by atoms with Crippen LogP contribution < -0.4 is 11.1 Å². The van der Waals surface area contributed by atoms with Crippen LogP contribution in [0.3, 0.4) is 0 Å². The first-order chi connectivity index (χ1) is 9.41. The molecule has 1 atom stereocenters. The van der Waals surface area contributed by atoms with Gasteiger partial charge in [-0.15, -0.1) is 0 Å². The number of carbonyl (C=O) groups excluding carboxylic acids is 1. The summed E-state index contributed by atoms with van der Waals surface area (Å²) in [4.78, 5) is 15.6. The zero-order chi connectivity index (χ0) is 14.8. The van der Waals surface area contributed by atoms with Crippen molar-refractivity contribution in [2.24, 2.45) is 5.73 Å². The predicted molar refractivity (Wildman–Crippen MR) is 70.8 cm³/mol. The number of pyridine rings is 1. The van der Waals surface area contributed by atoms with Crippen LogP contribution >= 0.6 is 0 Å². The van der Waals surface area contributed by atoms with E-state index in [2.05, 4.69) is 10.3 Å². The van der Waals surface area contributed by atoms with Gasteiger partial charge in [0, 0.05) is 5.69 Å². The lowest BCUT2D eigenvalue weighted by molar-refractivity contribution is -0.122. The molecule has 0 aliphatic rings. The van der Waals surface area contributed by atoms with Gasteiger partial charge in [0.25, 0.3) is 0 Å². The summed E-state index contributed by atoms with van der Waals surface area (Å²) in [6.07, 6.45) is 1.00. The first-order valence-corrected chi connectivity index (χ1v) is 5.87. The van der Waals surface area contributed by atoms with Crippen LogP contribution in [0, 0.1) is 11.6 Å². The van der Waals surface area contributed by atoms with Gasteiger partial charge < -0.3 is 11.1 Å². The van der Waals surface area contributed by atoms with Crippen molar-refractivity contribution in [1.29, 1.82) is 0 Å². The molecule has 1 aromatic heterocycles. The van der Waals surface area contributed by atoms with Gasteiger partial charge in [0.05, 0.1) is 11.9 Å². The minimum atomic E-state index is -1.33. The lowest BCUT2D eigenvalue weighted by atomic mass is 9.95. The Balaban J connectivity index is 2.37. The standard InChI is InChI=1S/C14H13F2N3O/c1-14(13(17)20,12-7-4-10(16)8-18-12)19-11-5-2-9(15)3-6-11/h2-8,19H,1H3,(H2,17,20). The third-order valence-electron chi connectivity index (χ3n) is 2.97. The topological polar surface area (TPSA) is 68.0 Å². The molecule has 2 rings (SSSR count). The molecule has 20 heavy (non-hydrogen) atoms. The monoisotopic (exact) mass is 277 g/mol. The number of benzene rings is 1. The van der Waals surface area contributed by atoms with Crippen molar-refractivity contribution in [2.75, 3.05) is 5.32 Å². The second-order valence-corrected chi connectivity index (χ2v) is 4.48. The van der Waals surface area contributed by atoms with E-state index in [4.69, 9.17) is 5.73 Å². The van der Waals surface area contributed by atoms with E-state index >= 15 is 0 Å². The van der Waals surface area contributed by atoms with Crippen molar-refractivity contribution in [3.63, 3.8) is 0 Å². The summed E-state index contributed by atoms with van der Waals surface area (Å²) < 4.78 is 25.8. The van der Waals surface area contributed by atoms with Crippen molar-refractivity contribution in [2.45, 2.75) is 12.5 Å². The quantitative estimate of drug-likeness (QED) is 0.900. The highest BCUT2D eigenvalue weighted by molar-refractivity contribution is 5.88. The summed E-state index contributed by atoms with van der Waals surface area (Å²) in [5.41, 5.74) is 4.85. The molecule has 0 fully saturated rings. The Labute approximate surface area is 114 Å². The maximum Gasteiger partial charge on any atom is 0.249 e. The molecule has 0 spiro atoms. The van der Waals surface area contributed by atoms with Gasteiger partial charge in [-0.25, -0.2) is 8.78 Å². The zero-order valence-corrected chi connectivity index (χ0v) is 10.7. The van der Waals surface area contributed by atoms with Gasteiger partial charge in [0.2, 0.25) is 5.91 Å². The molecule has 0 radical (unpaired) electrons. The number of primary amides is 1. The van der Waals surface area contributed by atoms with Crippen molar-refractivity contribution >= 4 is 11.6 Å². The van der Waals surface area contributed by atoms with Crippen molar-refractivity contribution < 1.29 is 13.6 Å². The van der Waals surface area contributed by atoms with E-state index in [0.29, 0.717) is 5.69 Å². The van der Waals surface area contributed by atoms with E-state index in [-0.39, 0.29) is 5.69 Å². The van der Waals surface area contributed by atoms with Gasteiger partial charge in [-0.05, 0) is 43.3 Å². The van der Waals surface area contributed by atoms with Gasteiger partial charge in [-0.3, -0.25) is 9.78 Å². The normalized spacial score (nSPS) is 13.6. The summed E-state index contributed by atoms with van der Waals surface area (Å²) in [5, 5.41) is 2.89. The van der Waals surface area contributed by atoms with E-state index in [0.717, 1.165) is 6.20 Å². The number of nitrogens with two attached hydrogens (primary N) is 1. The smallest absolute Gasteiger partial charge is 0.249 e. The minimum Gasteiger partial charge on any atom is -0.367 e. The fourth-order valence-corrected chi connectivity index (χ4v) is 1.75. The van der Waals surface area contributed by atoms with Crippen LogP contribution in [0.25, 0.3) is 0 Å². The first kappa shape index (κ1) is 13.9. The summed E-state index contributed by atoms with van der Waals surface area (Å²) >= 11 is 0. The Morgan fingerprint density at radius 1 is 1.15 bits per heavy atom. The number of hydrogen-bond donors (Lipinski definition) is 2. The molecule has 0 bridgehead atoms. The molecular weight excluding hydrogens is 264 g/mol. The molecule has 0 saturated heterocycles. The highest BCUT2D eigenvalue weighted by atomic mass is 19.1. The van der Waals surface area contributed by atoms with E-state index in [1.807, 2.05) is 0 Å². The van der Waals surface area contributed by atoms with Crippen LogP contribution in [0.1, 0.15) is 12.6 Å². The number of halogens is 2. The lowest BCUT2D eigenvalue weighted by Crippen LogP contribution is -2.45. The second kappa shape index (κ2) is 5.24. The summed E-state index contributed by atoms with van der Waals surface area (Å²) in [7, 11) is 0. The number of carbonyl (C=O) groups is 1. The Hall–Kier alpha value is -2.50. The predicted octanol–water partition coefficient (Wildman–Crippen LogP) is 2.17. The Morgan fingerprint density at radius 3 is 2.25 bits per heavy atom. The molecule has 1 amide bonds. The van der Waals surface area contributed by atoms with Crippen molar-refractivity contribution in [1.82, 2.24) is 4.98 Å². The van der Waals surface area contributed by atoms with E-state index in [9.17, 15) is 13.6 Å². The fraction of sp³-hybridized carbons (Fsp3) is 0.143. The molecular formula is C14H13F2N3O. The molecule has 2 aromatic rings. The van der Waals surface area contributed by atoms with Gasteiger partial charge >= 0.3 is 0 Å². The number of nitrogens with one attached hydrogen (secondary N) is 1. The number of rotatable bonds is 4. The Bertz CT molecular complexity index is 613. The van der Waals surface area contributed by atoms with Gasteiger partial charge in [0.15, 0.2) is 5.54 Å². The third-order valence-corrected chi connectivity index (χ3v) is 2.97. The van der Waals surface area contributed by atoms with E-state index in [1.165, 1.54) is 43.3 Å². The van der Waals surface area contributed by atoms with Crippen LogP contribution in [0.15, 0.2) is 42.6 Å². The highest BCUT2D eigenvalue weighted by Gasteiger charge is 2.34. The average Bonchev–Trinajstić information content (AvgIpc) is 2.42. The maximum absolute atomic E-state index is 12.9. The Kier molecular flexibility index (Phi) is 3.65. The summed E-state index contributed by atoms with van der Waals surface area (Å²) in [5.74, 6) is -1.58. The lowest BCUT2D eigenvalue weighted by Gasteiger charge is -2.28. The molecule has 6 heteroatoms. The van der Waals surface area contributed by atoms with Crippen LogP contribution in [-0.2, 0) is 10.3 Å². The molecule has 1 heterocycles. The van der Waals surface area contributed by atoms with Crippen LogP contribution in [0.5, 0.6) is 0 Å². The first-order valence-electron chi connectivity index (χ1n) is 5.87. The molecule has 104 valence electrons. The fourth-order valence-electron chi connectivity index (χ4n) is 1.75. The number of amides is 1. The van der Waals surface area contributed by atoms with Gasteiger partial charge in [-0.1, -0.05) is 0 Å². The highest BCUT2D eigenvalue weighted by Crippen LogP contribution is 2.24. The molecule has 0 aliphatic carbocycles. The van der Waals surface area contributed by atoms with Crippen LogP contribution in [-0.4, -0.2) is 10.9 Å². The molecule has 0 aliphatic heterocycles. The zero-order valence-electron chi connectivity index (χ0n) is 10.7. The number of aromatic nitrogens is 1. The van der Waals surface area contributed by atoms with Gasteiger partial charge in [0.1, 0.15) is 11.6 Å². The van der Waals surface area contributed by atoms with Crippen molar-refractivity contribution in [3.05, 3.63) is 59.9 Å². The number of anilines is 1. The maximum atomic E-state index is 12.9. The Morgan fingerprint density at radius 2 is 1.75 bits per heavy atom.